The van der Waals surface area contributed by atoms with Crippen molar-refractivity contribution in [1.29, 1.82) is 0 Å². The highest BCUT2D eigenvalue weighted by Gasteiger charge is 2.27. The van der Waals surface area contributed by atoms with Crippen molar-refractivity contribution in [3.05, 3.63) is 308 Å². The van der Waals surface area contributed by atoms with Gasteiger partial charge in [0, 0.05) is 54.8 Å². The number of hydrogen-bond donors (Lipinski definition) is 8. The number of aliphatic hydroxyl groups excluding tert-OH is 7. The molecule has 32 heteroatoms. The van der Waals surface area contributed by atoms with Gasteiger partial charge in [-0.2, -0.15) is 0 Å². The number of carbonyl (C=O) groups is 1. The summed E-state index contributed by atoms with van der Waals surface area (Å²) in [7, 11) is 13.9. The van der Waals surface area contributed by atoms with Gasteiger partial charge in [0.25, 0.3) is 22.7 Å². The SMILES string of the molecule is CC(O)c1cc2c(cc1[N+](=O)[O-])OCO2.COc1cc(CO)c([N+](=O)[O-])cc1OC.COc1cc(CO)cc(OC)c1.COc1cc(OC)cc(C(C)(C)O)c1.COc1ccc(C(=O)CO)cc1.COc1ccc(CC(O)c2ccccc2)cc1OC.O=[N+]([O-])c1ccccc1C(O)c1ccccc1.O=[N+]([O-])c1ccccc1CCO. The predicted molar refractivity (Wildman–Crippen MR) is 429 cm³/mol. The van der Waals surface area contributed by atoms with Gasteiger partial charge in [-0.25, -0.2) is 0 Å². The normalized spacial score (nSPS) is 11.3. The minimum atomic E-state index is -0.974. The molecule has 0 aromatic heterocycles. The molecule has 0 saturated heterocycles. The highest BCUT2D eigenvalue weighted by atomic mass is 16.7. The highest BCUT2D eigenvalue weighted by Crippen LogP contribution is 2.41. The van der Waals surface area contributed by atoms with Crippen LogP contribution in [0.2, 0.25) is 0 Å². The zero-order chi connectivity index (χ0) is 86.0. The maximum absolute atomic E-state index is 10.9. The molecule has 10 aromatic carbocycles. The first kappa shape index (κ1) is 95.3. The highest BCUT2D eigenvalue weighted by molar-refractivity contribution is 5.97. The van der Waals surface area contributed by atoms with Gasteiger partial charge in [-0.05, 0) is 127 Å². The lowest BCUT2D eigenvalue weighted by atomic mass is 9.98. The number of carbonyl (C=O) groups excluding carboxylic acids is 1. The molecule has 0 saturated carbocycles. The van der Waals surface area contributed by atoms with Crippen molar-refractivity contribution in [2.75, 3.05) is 84.0 Å². The molecule has 0 fully saturated rings. The van der Waals surface area contributed by atoms with Gasteiger partial charge in [0.2, 0.25) is 6.79 Å². The van der Waals surface area contributed by atoms with E-state index in [0.717, 1.165) is 22.3 Å². The third-order valence-electron chi connectivity index (χ3n) is 16.5. The molecule has 0 amide bonds. The van der Waals surface area contributed by atoms with E-state index in [0.29, 0.717) is 92.6 Å². The molecule has 11 rings (SSSR count). The molecule has 620 valence electrons. The number of hydrogen-bond acceptors (Lipinski definition) is 28. The maximum Gasteiger partial charge on any atom is 0.279 e. The van der Waals surface area contributed by atoms with Gasteiger partial charge < -0.3 is 93.0 Å². The molecule has 3 atom stereocenters. The molecule has 1 aliphatic heterocycles. The topological polar surface area (TPSA) is 453 Å². The second kappa shape index (κ2) is 49.4. The number of benzene rings is 10. The van der Waals surface area contributed by atoms with Crippen molar-refractivity contribution in [3.63, 3.8) is 0 Å². The summed E-state index contributed by atoms with van der Waals surface area (Å²) in [6.07, 6.45) is -1.53. The van der Waals surface area contributed by atoms with Gasteiger partial charge in [0.15, 0.2) is 40.3 Å². The van der Waals surface area contributed by atoms with Gasteiger partial charge >= 0.3 is 0 Å². The van der Waals surface area contributed by atoms with Crippen LogP contribution in [-0.2, 0) is 31.7 Å². The van der Waals surface area contributed by atoms with E-state index in [-0.39, 0.29) is 65.4 Å². The van der Waals surface area contributed by atoms with Crippen LogP contribution in [0.4, 0.5) is 22.7 Å². The summed E-state index contributed by atoms with van der Waals surface area (Å²) in [5, 5.41) is 117. The Kier molecular flexibility index (Phi) is 40.6. The third-order valence-corrected chi connectivity index (χ3v) is 16.5. The summed E-state index contributed by atoms with van der Waals surface area (Å²) in [4.78, 5) is 51.5. The number of Topliss-reactive ketones (excluding diaryl/α,β-unsaturated/α-hetero) is 1. The van der Waals surface area contributed by atoms with Crippen LogP contribution in [0.25, 0.3) is 0 Å². The minimum Gasteiger partial charge on any atom is -0.497 e. The monoisotopic (exact) mass is 1610 g/mol. The molecule has 0 spiro atoms. The summed E-state index contributed by atoms with van der Waals surface area (Å²) in [5.41, 5.74) is 4.70. The van der Waals surface area contributed by atoms with E-state index in [1.807, 2.05) is 54.6 Å². The molecule has 1 heterocycles. The molecule has 8 N–H and O–H groups in total. The number of fused-ring (bicyclic) bond motifs is 1. The number of ether oxygens (including phenoxy) is 11. The van der Waals surface area contributed by atoms with Crippen LogP contribution in [0.5, 0.6) is 63.2 Å². The second-order valence-electron chi connectivity index (χ2n) is 24.6. The quantitative estimate of drug-likeness (QED) is 0.0142. The molecule has 1 aliphatic rings. The Morgan fingerprint density at radius 3 is 1.34 bits per heavy atom. The van der Waals surface area contributed by atoms with E-state index in [9.17, 15) is 65.7 Å². The minimum absolute atomic E-state index is 0.00639. The van der Waals surface area contributed by atoms with Crippen LogP contribution in [0.3, 0.4) is 0 Å². The molecule has 0 aliphatic carbocycles. The fraction of sp³-hybridized carbons (Fsp3) is 0.274. The molecule has 10 aromatic rings. The molecular formula is C84H96N4O28. The predicted octanol–water partition coefficient (Wildman–Crippen LogP) is 13.3. The first-order chi connectivity index (χ1) is 55.5. The van der Waals surface area contributed by atoms with Crippen LogP contribution in [-0.4, -0.2) is 150 Å². The largest absolute Gasteiger partial charge is 0.497 e. The van der Waals surface area contributed by atoms with E-state index >= 15 is 0 Å². The van der Waals surface area contributed by atoms with Gasteiger partial charge in [-0.3, -0.25) is 45.3 Å². The fourth-order valence-electron chi connectivity index (χ4n) is 10.4. The summed E-state index contributed by atoms with van der Waals surface area (Å²) >= 11 is 0. The molecule has 0 radical (unpaired) electrons. The Balaban J connectivity index is 0.000000280. The number of ketones is 1. The van der Waals surface area contributed by atoms with Crippen molar-refractivity contribution < 1.29 is 117 Å². The number of para-hydroxylation sites is 2. The lowest BCUT2D eigenvalue weighted by Crippen LogP contribution is -2.15. The number of methoxy groups -OCH3 is 9. The molecular weight excluding hydrogens is 1510 g/mol. The number of nitro benzene ring substituents is 4. The fourth-order valence-corrected chi connectivity index (χ4v) is 10.4. The first-order valence-corrected chi connectivity index (χ1v) is 35.0. The average Bonchev–Trinajstić information content (AvgIpc) is 1.65. The third kappa shape index (κ3) is 30.1. The molecule has 3 unspecified atom stereocenters. The summed E-state index contributed by atoms with van der Waals surface area (Å²) in [6, 6.07) is 59.4. The summed E-state index contributed by atoms with van der Waals surface area (Å²) < 4.78 is 55.5. The van der Waals surface area contributed by atoms with Crippen molar-refractivity contribution in [2.45, 2.75) is 70.7 Å². The Hall–Kier alpha value is -13.1. The van der Waals surface area contributed by atoms with Crippen LogP contribution in [0, 0.1) is 40.5 Å². The standard InChI is InChI=1S/C16H18O3.C13H11NO3.C11H16O3.C9H9NO5.C9H11NO5.C9H12O3.C9H10O3.C8H9NO3/c1-18-15-9-8-12(11-16(15)19-2)10-14(17)13-6-4-3-5-7-13;15-13(10-6-2-1-3-7-10)11-8-4-5-9-12(11)14(16)17;1-11(2,12)8-5-9(13-3)7-10(6-8)14-4;1-5(11)6-2-8-9(15-4-14-8)3-7(6)10(12)13;1-14-8-3-6(5-11)7(10(12)13)4-9(8)15-2;1-11-8-3-7(6-10)4-9(5-8)12-2;1-12-8-4-2-7(3-5-8)9(11)6-10;10-6-5-7-3-1-2-4-8(7)9(11)12/h3-9,11,14,17H,10H2,1-2H3;1-9,13,15H;5-7,12H,1-4H3;2-3,5,11H,4H2,1H3;3-4,11H,5H2,1-2H3;3-5,10H,6H2,1-2H3;2-5,10H,6H2,1H3;1-4,10H,5-6H2. The number of nitro groups is 4. The lowest BCUT2D eigenvalue weighted by Gasteiger charge is -2.19. The van der Waals surface area contributed by atoms with Gasteiger partial charge in [0.1, 0.15) is 41.5 Å². The zero-order valence-corrected chi connectivity index (χ0v) is 65.9. The van der Waals surface area contributed by atoms with Crippen molar-refractivity contribution in [1.82, 2.24) is 0 Å². The van der Waals surface area contributed by atoms with Crippen LogP contribution >= 0.6 is 0 Å². The molecule has 116 heavy (non-hydrogen) atoms. The Bertz CT molecular complexity index is 4640. The van der Waals surface area contributed by atoms with Crippen LogP contribution < -0.4 is 52.1 Å². The molecule has 0 bridgehead atoms. The van der Waals surface area contributed by atoms with Crippen LogP contribution in [0.15, 0.2) is 212 Å². The van der Waals surface area contributed by atoms with Crippen molar-refractivity contribution >= 4 is 28.5 Å². The van der Waals surface area contributed by atoms with E-state index in [2.05, 4.69) is 0 Å². The Morgan fingerprint density at radius 1 is 0.431 bits per heavy atom. The van der Waals surface area contributed by atoms with Gasteiger partial charge in [-0.15, -0.1) is 0 Å². The van der Waals surface area contributed by atoms with Gasteiger partial charge in [-0.1, -0.05) is 97.1 Å². The van der Waals surface area contributed by atoms with E-state index in [1.54, 1.807) is 185 Å². The first-order valence-electron chi connectivity index (χ1n) is 35.0. The number of nitrogens with zero attached hydrogens (tertiary/aromatic N) is 4. The second-order valence-corrected chi connectivity index (χ2v) is 24.6. The Labute approximate surface area is 669 Å². The van der Waals surface area contributed by atoms with Gasteiger partial charge in [0.05, 0.1) is 144 Å². The lowest BCUT2D eigenvalue weighted by molar-refractivity contribution is -0.386. The number of rotatable bonds is 26. The average molecular weight is 1610 g/mol. The van der Waals surface area contributed by atoms with E-state index in [4.69, 9.17) is 72.5 Å². The summed E-state index contributed by atoms with van der Waals surface area (Å²) in [6.45, 7) is 4.02. The maximum atomic E-state index is 10.9. The van der Waals surface area contributed by atoms with Crippen molar-refractivity contribution in [2.24, 2.45) is 0 Å². The van der Waals surface area contributed by atoms with Crippen LogP contribution in [0.1, 0.15) is 99.5 Å². The summed E-state index contributed by atoms with van der Waals surface area (Å²) in [5.74, 6) is 5.93. The van der Waals surface area contributed by atoms with E-state index in [1.165, 1.54) is 57.5 Å². The smallest absolute Gasteiger partial charge is 0.279 e. The zero-order valence-electron chi connectivity index (χ0n) is 65.9. The van der Waals surface area contributed by atoms with Crippen molar-refractivity contribution in [3.8, 4) is 63.2 Å². The number of aliphatic hydroxyl groups is 8. The molecule has 32 nitrogen and oxygen atoms in total. The Morgan fingerprint density at radius 2 is 0.888 bits per heavy atom. The van der Waals surface area contributed by atoms with E-state index < -0.39 is 56.8 Å².